The zero-order chi connectivity index (χ0) is 13.2. The number of unbranched alkanes of at least 4 members (excludes halogenated alkanes) is 1. The van der Waals surface area contributed by atoms with E-state index in [1.54, 1.807) is 7.11 Å². The van der Waals surface area contributed by atoms with Crippen LogP contribution >= 0.6 is 0 Å². The molecule has 2 N–H and O–H groups in total. The summed E-state index contributed by atoms with van der Waals surface area (Å²) < 4.78 is 16.3. The van der Waals surface area contributed by atoms with Crippen LogP contribution in [-0.2, 0) is 11.3 Å². The van der Waals surface area contributed by atoms with Crippen molar-refractivity contribution in [3.05, 3.63) is 23.8 Å². The predicted octanol–water partition coefficient (Wildman–Crippen LogP) is 2.35. The van der Waals surface area contributed by atoms with E-state index in [1.165, 1.54) is 0 Å². The van der Waals surface area contributed by atoms with Gasteiger partial charge in [0.2, 0.25) is 0 Å². The fourth-order valence-electron chi connectivity index (χ4n) is 1.60. The summed E-state index contributed by atoms with van der Waals surface area (Å²) in [7, 11) is 1.71. The van der Waals surface area contributed by atoms with Gasteiger partial charge in [-0.2, -0.15) is 0 Å². The highest BCUT2D eigenvalue weighted by atomic mass is 16.5. The largest absolute Gasteiger partial charge is 0.490 e. The highest BCUT2D eigenvalue weighted by molar-refractivity contribution is 5.43. The molecule has 0 atom stereocenters. The van der Waals surface area contributed by atoms with E-state index in [4.69, 9.17) is 19.9 Å². The third-order valence-corrected chi connectivity index (χ3v) is 2.54. The summed E-state index contributed by atoms with van der Waals surface area (Å²) in [5.41, 5.74) is 6.66. The normalized spacial score (nSPS) is 10.4. The van der Waals surface area contributed by atoms with E-state index < -0.39 is 0 Å². The van der Waals surface area contributed by atoms with Crippen LogP contribution in [0.3, 0.4) is 0 Å². The molecule has 0 aromatic heterocycles. The predicted molar refractivity (Wildman–Crippen MR) is 72.1 cm³/mol. The molecule has 1 aromatic carbocycles. The first kappa shape index (κ1) is 14.8. The van der Waals surface area contributed by atoms with Gasteiger partial charge in [0.15, 0.2) is 11.5 Å². The summed E-state index contributed by atoms with van der Waals surface area (Å²) in [6, 6.07) is 5.82. The number of methoxy groups -OCH3 is 1. The Morgan fingerprint density at radius 1 is 1.06 bits per heavy atom. The van der Waals surface area contributed by atoms with E-state index in [-0.39, 0.29) is 0 Å². The quantitative estimate of drug-likeness (QED) is 0.686. The Kier molecular flexibility index (Phi) is 7.22. The van der Waals surface area contributed by atoms with Crippen molar-refractivity contribution in [3.63, 3.8) is 0 Å². The summed E-state index contributed by atoms with van der Waals surface area (Å²) in [5, 5.41) is 0. The Hall–Kier alpha value is -1.26. The molecule has 0 fully saturated rings. The SMILES string of the molecule is CCOc1cc(CN)ccc1OCCCCOC. The van der Waals surface area contributed by atoms with Crippen molar-refractivity contribution in [1.82, 2.24) is 0 Å². The van der Waals surface area contributed by atoms with Crippen LogP contribution < -0.4 is 15.2 Å². The average Bonchev–Trinajstić information content (AvgIpc) is 2.40. The van der Waals surface area contributed by atoms with Crippen molar-refractivity contribution in [1.29, 1.82) is 0 Å². The van der Waals surface area contributed by atoms with Gasteiger partial charge in [0.1, 0.15) is 0 Å². The molecule has 0 heterocycles. The number of ether oxygens (including phenoxy) is 3. The van der Waals surface area contributed by atoms with Gasteiger partial charge in [-0.15, -0.1) is 0 Å². The summed E-state index contributed by atoms with van der Waals surface area (Å²) in [6.07, 6.45) is 1.97. The molecule has 0 bridgehead atoms. The molecule has 18 heavy (non-hydrogen) atoms. The van der Waals surface area contributed by atoms with Crippen molar-refractivity contribution in [2.75, 3.05) is 26.9 Å². The smallest absolute Gasteiger partial charge is 0.161 e. The highest BCUT2D eigenvalue weighted by Crippen LogP contribution is 2.28. The average molecular weight is 253 g/mol. The molecule has 0 unspecified atom stereocenters. The minimum Gasteiger partial charge on any atom is -0.490 e. The second kappa shape index (κ2) is 8.78. The van der Waals surface area contributed by atoms with Crippen molar-refractivity contribution in [2.45, 2.75) is 26.3 Å². The lowest BCUT2D eigenvalue weighted by atomic mass is 10.2. The summed E-state index contributed by atoms with van der Waals surface area (Å²) in [6.45, 7) is 4.53. The molecule has 102 valence electrons. The van der Waals surface area contributed by atoms with Gasteiger partial charge in [-0.1, -0.05) is 6.07 Å². The van der Waals surface area contributed by atoms with Gasteiger partial charge in [0.25, 0.3) is 0 Å². The van der Waals surface area contributed by atoms with Crippen LogP contribution in [0.5, 0.6) is 11.5 Å². The third kappa shape index (κ3) is 4.94. The lowest BCUT2D eigenvalue weighted by Crippen LogP contribution is -2.04. The second-order valence-electron chi connectivity index (χ2n) is 3.97. The fourth-order valence-corrected chi connectivity index (χ4v) is 1.60. The van der Waals surface area contributed by atoms with Gasteiger partial charge >= 0.3 is 0 Å². The number of hydrogen-bond acceptors (Lipinski definition) is 4. The first-order valence-electron chi connectivity index (χ1n) is 6.39. The molecule has 0 aliphatic carbocycles. The van der Waals surface area contributed by atoms with Gasteiger partial charge in [-0.05, 0) is 37.5 Å². The van der Waals surface area contributed by atoms with Crippen molar-refractivity contribution >= 4 is 0 Å². The van der Waals surface area contributed by atoms with Crippen LogP contribution in [0.1, 0.15) is 25.3 Å². The highest BCUT2D eigenvalue weighted by Gasteiger charge is 2.05. The zero-order valence-corrected chi connectivity index (χ0v) is 11.3. The summed E-state index contributed by atoms with van der Waals surface area (Å²) in [4.78, 5) is 0. The maximum absolute atomic E-state index is 5.71. The molecule has 0 aliphatic rings. The molecule has 1 rings (SSSR count). The molecule has 0 radical (unpaired) electrons. The van der Waals surface area contributed by atoms with Gasteiger partial charge < -0.3 is 19.9 Å². The van der Waals surface area contributed by atoms with Crippen LogP contribution in [0, 0.1) is 0 Å². The molecule has 1 aromatic rings. The van der Waals surface area contributed by atoms with E-state index in [9.17, 15) is 0 Å². The Bertz CT molecular complexity index is 342. The maximum atomic E-state index is 5.71. The van der Waals surface area contributed by atoms with Crippen molar-refractivity contribution in [3.8, 4) is 11.5 Å². The molecular weight excluding hydrogens is 230 g/mol. The van der Waals surface area contributed by atoms with Crippen molar-refractivity contribution in [2.24, 2.45) is 5.73 Å². The van der Waals surface area contributed by atoms with Crippen LogP contribution in [0.4, 0.5) is 0 Å². The molecule has 4 nitrogen and oxygen atoms in total. The Morgan fingerprint density at radius 2 is 1.83 bits per heavy atom. The summed E-state index contributed by atoms with van der Waals surface area (Å²) >= 11 is 0. The fraction of sp³-hybridized carbons (Fsp3) is 0.571. The molecule has 0 aliphatic heterocycles. The van der Waals surface area contributed by atoms with E-state index in [0.29, 0.717) is 19.8 Å². The van der Waals surface area contributed by atoms with Crippen LogP contribution in [0.2, 0.25) is 0 Å². The first-order chi connectivity index (χ1) is 8.81. The standard InChI is InChI=1S/C14H23NO3/c1-3-17-14-10-12(11-15)6-7-13(14)18-9-5-4-8-16-2/h6-7,10H,3-5,8-9,11,15H2,1-2H3. The topological polar surface area (TPSA) is 53.7 Å². The van der Waals surface area contributed by atoms with Gasteiger partial charge in [-0.25, -0.2) is 0 Å². The van der Waals surface area contributed by atoms with Crippen LogP contribution in [0.25, 0.3) is 0 Å². The number of nitrogens with two attached hydrogens (primary N) is 1. The van der Waals surface area contributed by atoms with E-state index in [0.717, 1.165) is 36.5 Å². The van der Waals surface area contributed by atoms with Gasteiger partial charge in [0, 0.05) is 20.3 Å². The molecule has 0 saturated carbocycles. The first-order valence-corrected chi connectivity index (χ1v) is 6.39. The zero-order valence-electron chi connectivity index (χ0n) is 11.3. The van der Waals surface area contributed by atoms with Crippen LogP contribution in [-0.4, -0.2) is 26.9 Å². The van der Waals surface area contributed by atoms with Gasteiger partial charge in [0.05, 0.1) is 13.2 Å². The lowest BCUT2D eigenvalue weighted by Gasteiger charge is -2.13. The molecular formula is C14H23NO3. The van der Waals surface area contributed by atoms with Crippen LogP contribution in [0.15, 0.2) is 18.2 Å². The lowest BCUT2D eigenvalue weighted by molar-refractivity contribution is 0.183. The Labute approximate surface area is 109 Å². The monoisotopic (exact) mass is 253 g/mol. The van der Waals surface area contributed by atoms with E-state index >= 15 is 0 Å². The molecule has 4 heteroatoms. The number of hydrogen-bond donors (Lipinski definition) is 1. The Morgan fingerprint density at radius 3 is 2.50 bits per heavy atom. The Balaban J connectivity index is 2.52. The number of benzene rings is 1. The number of rotatable bonds is 9. The van der Waals surface area contributed by atoms with Crippen molar-refractivity contribution < 1.29 is 14.2 Å². The molecule has 0 spiro atoms. The minimum absolute atomic E-state index is 0.508. The van der Waals surface area contributed by atoms with Gasteiger partial charge in [-0.3, -0.25) is 0 Å². The second-order valence-corrected chi connectivity index (χ2v) is 3.97. The molecule has 0 amide bonds. The third-order valence-electron chi connectivity index (χ3n) is 2.54. The minimum atomic E-state index is 0.508. The maximum Gasteiger partial charge on any atom is 0.161 e. The summed E-state index contributed by atoms with van der Waals surface area (Å²) in [5.74, 6) is 1.55. The molecule has 0 saturated heterocycles. The van der Waals surface area contributed by atoms with E-state index in [2.05, 4.69) is 0 Å². The van der Waals surface area contributed by atoms with E-state index in [1.807, 2.05) is 25.1 Å².